The summed E-state index contributed by atoms with van der Waals surface area (Å²) in [6.45, 7) is 28.7. The summed E-state index contributed by atoms with van der Waals surface area (Å²) >= 11 is 0. The summed E-state index contributed by atoms with van der Waals surface area (Å²) in [5.41, 5.74) is -2.38. The van der Waals surface area contributed by atoms with Crippen molar-refractivity contribution in [3.05, 3.63) is 30.3 Å². The van der Waals surface area contributed by atoms with Crippen molar-refractivity contribution in [3.63, 3.8) is 0 Å². The van der Waals surface area contributed by atoms with Gasteiger partial charge in [-0.25, -0.2) is 13.2 Å². The van der Waals surface area contributed by atoms with Crippen LogP contribution in [0.2, 0.25) is 18.1 Å². The predicted octanol–water partition coefficient (Wildman–Crippen LogP) is 8.72. The van der Waals surface area contributed by atoms with Gasteiger partial charge in [0.15, 0.2) is 23.9 Å². The number of aliphatic hydroxyl groups is 1. The Balaban J connectivity index is 1.61. The van der Waals surface area contributed by atoms with Crippen molar-refractivity contribution >= 4 is 24.2 Å². The lowest BCUT2D eigenvalue weighted by molar-refractivity contribution is -0.293. The SMILES string of the molecule is C[C@@H](C[C@@H]1CN(C(=O)OC(C)(C)C)C(C)(C)O1)C(C(O)CC[C@]1(C)C2(CCC[C@]1(C)CCO[Si](C)(C)C(C)(C)C)OCCO2)S(=O)(=O)c1ccccc1. The highest BCUT2D eigenvalue weighted by Crippen LogP contribution is 2.62. The molecule has 1 aromatic carbocycles. The summed E-state index contributed by atoms with van der Waals surface area (Å²) in [7, 11) is -5.97. The highest BCUT2D eigenvalue weighted by Gasteiger charge is 2.63. The zero-order valence-corrected chi connectivity index (χ0v) is 36.9. The molecule has 3 aliphatic rings. The fourth-order valence-corrected chi connectivity index (χ4v) is 11.9. The van der Waals surface area contributed by atoms with Crippen molar-refractivity contribution in [3.8, 4) is 0 Å². The smallest absolute Gasteiger partial charge is 0.412 e. The quantitative estimate of drug-likeness (QED) is 0.196. The number of ether oxygens (including phenoxy) is 4. The summed E-state index contributed by atoms with van der Waals surface area (Å²) in [6.07, 6.45) is 2.45. The van der Waals surface area contributed by atoms with Crippen molar-refractivity contribution in [2.45, 2.75) is 179 Å². The lowest BCUT2D eigenvalue weighted by Crippen LogP contribution is -2.60. The van der Waals surface area contributed by atoms with Gasteiger partial charge in [0.05, 0.1) is 42.1 Å². The van der Waals surface area contributed by atoms with Crippen LogP contribution in [-0.2, 0) is 33.2 Å². The van der Waals surface area contributed by atoms with Gasteiger partial charge in [0.25, 0.3) is 0 Å². The van der Waals surface area contributed by atoms with Gasteiger partial charge in [-0.1, -0.05) is 59.7 Å². The third kappa shape index (κ3) is 9.37. The molecule has 0 radical (unpaired) electrons. The van der Waals surface area contributed by atoms with Crippen LogP contribution in [0.15, 0.2) is 35.2 Å². The summed E-state index contributed by atoms with van der Waals surface area (Å²) in [4.78, 5) is 14.9. The third-order valence-corrected chi connectivity index (χ3v) is 20.1. The molecule has 6 atom stereocenters. The molecule has 1 spiro atoms. The van der Waals surface area contributed by atoms with Crippen molar-refractivity contribution in [1.29, 1.82) is 0 Å². The molecule has 53 heavy (non-hydrogen) atoms. The first-order valence-electron chi connectivity index (χ1n) is 19.8. The number of rotatable bonds is 13. The molecule has 12 heteroatoms. The van der Waals surface area contributed by atoms with Crippen molar-refractivity contribution in [2.24, 2.45) is 16.7 Å². The van der Waals surface area contributed by atoms with Crippen LogP contribution in [0.1, 0.15) is 121 Å². The molecule has 304 valence electrons. The maximum atomic E-state index is 14.5. The van der Waals surface area contributed by atoms with Crippen molar-refractivity contribution in [2.75, 3.05) is 26.4 Å². The first kappa shape index (κ1) is 44.2. The second kappa shape index (κ2) is 15.8. The Labute approximate surface area is 322 Å². The normalized spacial score (nSPS) is 28.2. The molecule has 0 bridgehead atoms. The zero-order chi connectivity index (χ0) is 39.9. The Morgan fingerprint density at radius 1 is 1.00 bits per heavy atom. The fraction of sp³-hybridized carbons (Fsp3) is 0.829. The number of amides is 1. The van der Waals surface area contributed by atoms with Crippen LogP contribution in [0, 0.1) is 16.7 Å². The summed E-state index contributed by atoms with van der Waals surface area (Å²) in [6, 6.07) is 8.40. The number of nitrogens with zero attached hydrogens (tertiary/aromatic N) is 1. The third-order valence-electron chi connectivity index (χ3n) is 13.1. The molecule has 4 rings (SSSR count). The summed E-state index contributed by atoms with van der Waals surface area (Å²) in [5, 5.41) is 11.2. The molecule has 1 aromatic rings. The van der Waals surface area contributed by atoms with E-state index in [0.717, 1.165) is 25.7 Å². The lowest BCUT2D eigenvalue weighted by Gasteiger charge is -2.59. The Morgan fingerprint density at radius 2 is 1.60 bits per heavy atom. The first-order valence-corrected chi connectivity index (χ1v) is 24.2. The molecule has 2 saturated heterocycles. The molecule has 2 unspecified atom stereocenters. The molecule has 10 nitrogen and oxygen atoms in total. The number of carbonyl (C=O) groups excluding carboxylic acids is 1. The topological polar surface area (TPSA) is 121 Å². The van der Waals surface area contributed by atoms with Crippen LogP contribution in [0.3, 0.4) is 0 Å². The standard InChI is InChI=1S/C41H71NO9SSi/c1-30(28-31-29-42(38(8,9)50-31)35(44)51-36(2,3)4)34(52(45,46)32-18-15-14-16-19-32)33(43)20-23-40(11)39(10,21-17-22-41(40)47-26-27-48-41)24-25-49-53(12,13)37(5,6)7/h14-16,18-19,30-31,33-34,43H,17,20-29H2,1-13H3/t30-,31+,33?,34?,39+,40-/m0/s1. The number of hydrogen-bond donors (Lipinski definition) is 1. The van der Waals surface area contributed by atoms with E-state index in [1.54, 1.807) is 35.2 Å². The van der Waals surface area contributed by atoms with Crippen molar-refractivity contribution in [1.82, 2.24) is 4.90 Å². The van der Waals surface area contributed by atoms with Crippen LogP contribution in [-0.4, -0.2) is 93.8 Å². The zero-order valence-electron chi connectivity index (χ0n) is 35.0. The molecule has 2 aliphatic heterocycles. The second-order valence-corrected chi connectivity index (χ2v) is 26.4. The van der Waals surface area contributed by atoms with Gasteiger partial charge in [0.1, 0.15) is 11.3 Å². The molecule has 1 saturated carbocycles. The van der Waals surface area contributed by atoms with Crippen LogP contribution < -0.4 is 0 Å². The Bertz CT molecular complexity index is 1500. The van der Waals surface area contributed by atoms with E-state index in [1.807, 2.05) is 41.5 Å². The average Bonchev–Trinajstić information content (AvgIpc) is 3.62. The van der Waals surface area contributed by atoms with E-state index >= 15 is 0 Å². The Morgan fingerprint density at radius 3 is 2.17 bits per heavy atom. The molecule has 2 heterocycles. The summed E-state index contributed by atoms with van der Waals surface area (Å²) in [5.74, 6) is -1.32. The van der Waals surface area contributed by atoms with E-state index < -0.39 is 70.2 Å². The number of aliphatic hydroxyl groups excluding tert-OH is 1. The van der Waals surface area contributed by atoms with E-state index in [-0.39, 0.29) is 28.3 Å². The number of hydrogen-bond acceptors (Lipinski definition) is 9. The van der Waals surface area contributed by atoms with Crippen LogP contribution >= 0.6 is 0 Å². The lowest BCUT2D eigenvalue weighted by atomic mass is 9.51. The van der Waals surface area contributed by atoms with Crippen LogP contribution in [0.4, 0.5) is 4.79 Å². The molecule has 3 fully saturated rings. The van der Waals surface area contributed by atoms with Crippen LogP contribution in [0.25, 0.3) is 0 Å². The van der Waals surface area contributed by atoms with E-state index in [9.17, 15) is 18.3 Å². The van der Waals surface area contributed by atoms with Crippen molar-refractivity contribution < 1.29 is 41.7 Å². The Kier molecular flexibility index (Phi) is 13.1. The molecule has 1 aliphatic carbocycles. The fourth-order valence-electron chi connectivity index (χ4n) is 8.76. The van der Waals surface area contributed by atoms with Gasteiger partial charge in [-0.05, 0) is 115 Å². The number of carbonyl (C=O) groups is 1. The predicted molar refractivity (Wildman–Crippen MR) is 211 cm³/mol. The van der Waals surface area contributed by atoms with Crippen LogP contribution in [0.5, 0.6) is 0 Å². The van der Waals surface area contributed by atoms with Gasteiger partial charge in [-0.15, -0.1) is 0 Å². The molecular formula is C41H71NO9SSi. The monoisotopic (exact) mass is 781 g/mol. The van der Waals surface area contributed by atoms with Gasteiger partial charge < -0.3 is 28.5 Å². The maximum Gasteiger partial charge on any atom is 0.412 e. The highest BCUT2D eigenvalue weighted by molar-refractivity contribution is 7.92. The molecule has 0 aromatic heterocycles. The van der Waals surface area contributed by atoms with Gasteiger partial charge in [0, 0.05) is 18.4 Å². The maximum absolute atomic E-state index is 14.5. The van der Waals surface area contributed by atoms with E-state index in [2.05, 4.69) is 47.7 Å². The average molecular weight is 782 g/mol. The van der Waals surface area contributed by atoms with E-state index in [0.29, 0.717) is 32.7 Å². The van der Waals surface area contributed by atoms with Gasteiger partial charge >= 0.3 is 6.09 Å². The minimum Gasteiger partial charge on any atom is -0.444 e. The largest absolute Gasteiger partial charge is 0.444 e. The van der Waals surface area contributed by atoms with Gasteiger partial charge in [0.2, 0.25) is 0 Å². The molecule has 1 amide bonds. The second-order valence-electron chi connectivity index (χ2n) is 19.5. The van der Waals surface area contributed by atoms with E-state index in [1.165, 1.54) is 0 Å². The molecule has 1 N–H and O–H groups in total. The Hall–Kier alpha value is -1.54. The van der Waals surface area contributed by atoms with Gasteiger partial charge in [-0.3, -0.25) is 4.90 Å². The molecular weight excluding hydrogens is 711 g/mol. The minimum absolute atomic E-state index is 0.0933. The highest BCUT2D eigenvalue weighted by atomic mass is 32.2. The summed E-state index contributed by atoms with van der Waals surface area (Å²) < 4.78 is 60.8. The van der Waals surface area contributed by atoms with E-state index in [4.69, 9.17) is 23.4 Å². The minimum atomic E-state index is -3.99. The number of sulfone groups is 1. The first-order chi connectivity index (χ1) is 24.2. The van der Waals surface area contributed by atoms with Gasteiger partial charge in [-0.2, -0.15) is 0 Å². The number of benzene rings is 1.